The molecule has 0 atom stereocenters. The molecule has 0 radical (unpaired) electrons. The summed E-state index contributed by atoms with van der Waals surface area (Å²) < 4.78 is 0.820. The van der Waals surface area contributed by atoms with E-state index >= 15 is 0 Å². The predicted octanol–water partition coefficient (Wildman–Crippen LogP) is 2.46. The van der Waals surface area contributed by atoms with E-state index in [4.69, 9.17) is 0 Å². The molecule has 0 N–H and O–H groups in total. The van der Waals surface area contributed by atoms with Gasteiger partial charge in [0.05, 0.1) is 11.1 Å². The largest absolute Gasteiger partial charge is 0.274 e. The van der Waals surface area contributed by atoms with E-state index in [1.165, 1.54) is 4.90 Å². The molecule has 0 bridgehead atoms. The molecule has 0 unspecified atom stereocenters. The van der Waals surface area contributed by atoms with Crippen molar-refractivity contribution in [2.75, 3.05) is 6.54 Å². The minimum atomic E-state index is -0.182. The van der Waals surface area contributed by atoms with Crippen molar-refractivity contribution in [1.82, 2.24) is 4.90 Å². The molecule has 1 aliphatic rings. The van der Waals surface area contributed by atoms with Crippen molar-refractivity contribution in [3.05, 3.63) is 33.8 Å². The van der Waals surface area contributed by atoms with Crippen LogP contribution >= 0.6 is 15.9 Å². The smallest absolute Gasteiger partial charge is 0.261 e. The lowest BCUT2D eigenvalue weighted by molar-refractivity contribution is 0.0654. The highest BCUT2D eigenvalue weighted by atomic mass is 79.9. The van der Waals surface area contributed by atoms with Gasteiger partial charge in [0.15, 0.2) is 0 Å². The molecule has 0 aliphatic carbocycles. The first kappa shape index (κ1) is 10.4. The summed E-state index contributed by atoms with van der Waals surface area (Å²) in [5, 5.41) is 0. The summed E-state index contributed by atoms with van der Waals surface area (Å²) >= 11 is 3.29. The van der Waals surface area contributed by atoms with Crippen LogP contribution in [0.1, 0.15) is 34.1 Å². The third-order valence-electron chi connectivity index (χ3n) is 2.38. The Morgan fingerprint density at radius 1 is 1.20 bits per heavy atom. The van der Waals surface area contributed by atoms with Crippen molar-refractivity contribution in [2.24, 2.45) is 0 Å². The second kappa shape index (κ2) is 3.77. The van der Waals surface area contributed by atoms with Gasteiger partial charge in [0.2, 0.25) is 0 Å². The van der Waals surface area contributed by atoms with E-state index in [9.17, 15) is 9.59 Å². The minimum Gasteiger partial charge on any atom is -0.274 e. The fraction of sp³-hybridized carbons (Fsp3) is 0.273. The van der Waals surface area contributed by atoms with Crippen molar-refractivity contribution in [3.8, 4) is 0 Å². The van der Waals surface area contributed by atoms with Gasteiger partial charge in [-0.15, -0.1) is 0 Å². The van der Waals surface area contributed by atoms with Crippen LogP contribution < -0.4 is 0 Å². The Bertz CT molecular complexity index is 442. The first-order valence-corrected chi connectivity index (χ1v) is 5.60. The fourth-order valence-electron chi connectivity index (χ4n) is 1.69. The van der Waals surface area contributed by atoms with Crippen LogP contribution in [0.25, 0.3) is 0 Å². The Morgan fingerprint density at radius 3 is 2.53 bits per heavy atom. The maximum Gasteiger partial charge on any atom is 0.261 e. The van der Waals surface area contributed by atoms with E-state index in [1.807, 2.05) is 6.92 Å². The second-order valence-electron chi connectivity index (χ2n) is 3.45. The van der Waals surface area contributed by atoms with E-state index in [0.29, 0.717) is 17.7 Å². The van der Waals surface area contributed by atoms with Gasteiger partial charge in [-0.25, -0.2) is 0 Å². The second-order valence-corrected chi connectivity index (χ2v) is 4.37. The van der Waals surface area contributed by atoms with Crippen LogP contribution in [0.3, 0.4) is 0 Å². The summed E-state index contributed by atoms with van der Waals surface area (Å²) in [7, 11) is 0. The van der Waals surface area contributed by atoms with Crippen LogP contribution in [0.15, 0.2) is 22.7 Å². The molecule has 1 aromatic rings. The molecule has 1 heterocycles. The van der Waals surface area contributed by atoms with Crippen LogP contribution in [0, 0.1) is 0 Å². The molecule has 0 spiro atoms. The zero-order valence-corrected chi connectivity index (χ0v) is 9.87. The number of hydrogen-bond donors (Lipinski definition) is 0. The summed E-state index contributed by atoms with van der Waals surface area (Å²) in [6.45, 7) is 2.43. The summed E-state index contributed by atoms with van der Waals surface area (Å²) in [5.41, 5.74) is 1.01. The number of nitrogens with zero attached hydrogens (tertiary/aromatic N) is 1. The molecular weight excluding hydrogens is 258 g/mol. The Hall–Kier alpha value is -1.16. The molecule has 15 heavy (non-hydrogen) atoms. The Kier molecular flexibility index (Phi) is 2.61. The van der Waals surface area contributed by atoms with Crippen molar-refractivity contribution in [3.63, 3.8) is 0 Å². The molecule has 78 valence electrons. The molecule has 1 aromatic carbocycles. The molecule has 3 nitrogen and oxygen atoms in total. The van der Waals surface area contributed by atoms with Crippen LogP contribution in [0.2, 0.25) is 0 Å². The third kappa shape index (κ3) is 1.59. The van der Waals surface area contributed by atoms with Gasteiger partial charge in [0, 0.05) is 11.0 Å². The molecule has 2 rings (SSSR count). The minimum absolute atomic E-state index is 0.177. The topological polar surface area (TPSA) is 37.4 Å². The van der Waals surface area contributed by atoms with Gasteiger partial charge in [0.25, 0.3) is 11.8 Å². The SMILES string of the molecule is CCCN1C(=O)c2ccc(Br)cc2C1=O. The number of carbonyl (C=O) groups excluding carboxylic acids is 2. The predicted molar refractivity (Wildman–Crippen MR) is 59.8 cm³/mol. The van der Waals surface area contributed by atoms with Gasteiger partial charge in [-0.05, 0) is 24.6 Å². The average Bonchev–Trinajstić information content (AvgIpc) is 2.44. The Balaban J connectivity index is 2.46. The van der Waals surface area contributed by atoms with Gasteiger partial charge >= 0.3 is 0 Å². The average molecular weight is 268 g/mol. The Labute approximate surface area is 96.2 Å². The molecule has 0 saturated heterocycles. The highest BCUT2D eigenvalue weighted by molar-refractivity contribution is 9.10. The van der Waals surface area contributed by atoms with E-state index in [2.05, 4.69) is 15.9 Å². The van der Waals surface area contributed by atoms with Gasteiger partial charge < -0.3 is 0 Å². The van der Waals surface area contributed by atoms with Crippen LogP contribution in [0.4, 0.5) is 0 Å². The van der Waals surface area contributed by atoms with E-state index in [0.717, 1.165) is 10.9 Å². The first-order chi connectivity index (χ1) is 7.15. The summed E-state index contributed by atoms with van der Waals surface area (Å²) in [4.78, 5) is 24.9. The van der Waals surface area contributed by atoms with Crippen LogP contribution in [0.5, 0.6) is 0 Å². The molecule has 4 heteroatoms. The highest BCUT2D eigenvalue weighted by Crippen LogP contribution is 2.25. The molecule has 0 aromatic heterocycles. The number of fused-ring (bicyclic) bond motifs is 1. The number of hydrogen-bond acceptors (Lipinski definition) is 2. The van der Waals surface area contributed by atoms with Gasteiger partial charge in [-0.3, -0.25) is 14.5 Å². The van der Waals surface area contributed by atoms with E-state index < -0.39 is 0 Å². The molecule has 0 fully saturated rings. The lowest BCUT2D eigenvalue weighted by atomic mass is 10.1. The number of imide groups is 1. The van der Waals surface area contributed by atoms with Crippen molar-refractivity contribution in [1.29, 1.82) is 0 Å². The Morgan fingerprint density at radius 2 is 1.87 bits per heavy atom. The number of benzene rings is 1. The highest BCUT2D eigenvalue weighted by Gasteiger charge is 2.34. The van der Waals surface area contributed by atoms with E-state index in [-0.39, 0.29) is 11.8 Å². The molecule has 2 amide bonds. The van der Waals surface area contributed by atoms with Crippen molar-refractivity contribution >= 4 is 27.7 Å². The number of halogens is 1. The maximum absolute atomic E-state index is 11.8. The lowest BCUT2D eigenvalue weighted by Crippen LogP contribution is -2.30. The summed E-state index contributed by atoms with van der Waals surface area (Å²) in [6, 6.07) is 5.17. The zero-order valence-electron chi connectivity index (χ0n) is 8.29. The van der Waals surface area contributed by atoms with Gasteiger partial charge in [-0.1, -0.05) is 22.9 Å². The quantitative estimate of drug-likeness (QED) is 0.772. The maximum atomic E-state index is 11.8. The van der Waals surface area contributed by atoms with Gasteiger partial charge in [0.1, 0.15) is 0 Å². The zero-order chi connectivity index (χ0) is 11.0. The van der Waals surface area contributed by atoms with Crippen LogP contribution in [-0.2, 0) is 0 Å². The molecular formula is C11H10BrNO2. The standard InChI is InChI=1S/C11H10BrNO2/c1-2-5-13-10(14)8-4-3-7(12)6-9(8)11(13)15/h3-4,6H,2,5H2,1H3. The van der Waals surface area contributed by atoms with Crippen molar-refractivity contribution < 1.29 is 9.59 Å². The normalized spacial score (nSPS) is 14.7. The first-order valence-electron chi connectivity index (χ1n) is 4.81. The molecule has 1 aliphatic heterocycles. The number of carbonyl (C=O) groups is 2. The number of amides is 2. The summed E-state index contributed by atoms with van der Waals surface area (Å²) in [5.74, 6) is -0.359. The van der Waals surface area contributed by atoms with E-state index in [1.54, 1.807) is 18.2 Å². The third-order valence-corrected chi connectivity index (χ3v) is 2.87. The summed E-state index contributed by atoms with van der Waals surface area (Å²) in [6.07, 6.45) is 0.784. The number of rotatable bonds is 2. The monoisotopic (exact) mass is 267 g/mol. The van der Waals surface area contributed by atoms with Crippen LogP contribution in [-0.4, -0.2) is 23.3 Å². The van der Waals surface area contributed by atoms with Crippen molar-refractivity contribution in [2.45, 2.75) is 13.3 Å². The fourth-order valence-corrected chi connectivity index (χ4v) is 2.05. The van der Waals surface area contributed by atoms with Gasteiger partial charge in [-0.2, -0.15) is 0 Å². The lowest BCUT2D eigenvalue weighted by Gasteiger charge is -2.11. The molecule has 0 saturated carbocycles.